The van der Waals surface area contributed by atoms with E-state index in [1.807, 2.05) is 0 Å². The van der Waals surface area contributed by atoms with Crippen LogP contribution in [-0.4, -0.2) is 51.5 Å². The van der Waals surface area contributed by atoms with Gasteiger partial charge in [0.2, 0.25) is 5.88 Å². The SMILES string of the molecule is COc1ccc(F)cc1S(=O)(=O)Nc1cnc2c(c1)C(=O)N(C)CCO2. The Morgan fingerprint density at radius 3 is 2.85 bits per heavy atom. The molecule has 0 fully saturated rings. The van der Waals surface area contributed by atoms with Gasteiger partial charge in [0.05, 0.1) is 25.5 Å². The molecular formula is C16H16FN3O5S. The predicted octanol–water partition coefficient (Wildman–Crippen LogP) is 1.49. The highest BCUT2D eigenvalue weighted by Gasteiger charge is 2.25. The van der Waals surface area contributed by atoms with E-state index in [9.17, 15) is 17.6 Å². The van der Waals surface area contributed by atoms with Crippen LogP contribution in [0, 0.1) is 5.82 Å². The van der Waals surface area contributed by atoms with Gasteiger partial charge in [-0.3, -0.25) is 9.52 Å². The zero-order chi connectivity index (χ0) is 18.9. The van der Waals surface area contributed by atoms with Crippen LogP contribution < -0.4 is 14.2 Å². The Balaban J connectivity index is 1.98. The molecule has 26 heavy (non-hydrogen) atoms. The van der Waals surface area contributed by atoms with Crippen LogP contribution in [0.2, 0.25) is 0 Å². The number of carbonyl (C=O) groups excluding carboxylic acids is 1. The van der Waals surface area contributed by atoms with Crippen LogP contribution in [0.15, 0.2) is 35.4 Å². The van der Waals surface area contributed by atoms with Gasteiger partial charge in [0, 0.05) is 7.05 Å². The summed E-state index contributed by atoms with van der Waals surface area (Å²) in [7, 11) is -1.28. The van der Waals surface area contributed by atoms with E-state index >= 15 is 0 Å². The summed E-state index contributed by atoms with van der Waals surface area (Å²) in [5, 5.41) is 0. The van der Waals surface area contributed by atoms with Crippen molar-refractivity contribution in [1.29, 1.82) is 0 Å². The third-order valence-corrected chi connectivity index (χ3v) is 5.16. The van der Waals surface area contributed by atoms with Gasteiger partial charge in [-0.25, -0.2) is 17.8 Å². The molecule has 1 aliphatic rings. The molecule has 8 nitrogen and oxygen atoms in total. The topological polar surface area (TPSA) is 97.8 Å². The van der Waals surface area contributed by atoms with E-state index < -0.39 is 15.8 Å². The number of likely N-dealkylation sites (N-methyl/N-ethyl adjacent to an activating group) is 1. The standard InChI is InChI=1S/C16H16FN3O5S/c1-20-5-6-25-15-12(16(20)21)8-11(9-18-15)19-26(22,23)14-7-10(17)3-4-13(14)24-2/h3-4,7-9,19H,5-6H2,1-2H3. The van der Waals surface area contributed by atoms with Crippen molar-refractivity contribution in [1.82, 2.24) is 9.88 Å². The van der Waals surface area contributed by atoms with Gasteiger partial charge in [0.15, 0.2) is 0 Å². The minimum atomic E-state index is -4.17. The summed E-state index contributed by atoms with van der Waals surface area (Å²) in [6.07, 6.45) is 1.22. The maximum absolute atomic E-state index is 13.5. The van der Waals surface area contributed by atoms with Crippen molar-refractivity contribution in [2.45, 2.75) is 4.90 Å². The molecule has 0 aliphatic carbocycles. The Bertz CT molecular complexity index is 964. The van der Waals surface area contributed by atoms with E-state index in [0.29, 0.717) is 6.54 Å². The monoisotopic (exact) mass is 381 g/mol. The van der Waals surface area contributed by atoms with Crippen LogP contribution in [0.5, 0.6) is 11.6 Å². The van der Waals surface area contributed by atoms with Crippen LogP contribution in [0.4, 0.5) is 10.1 Å². The van der Waals surface area contributed by atoms with Crippen molar-refractivity contribution in [2.24, 2.45) is 0 Å². The van der Waals surface area contributed by atoms with Crippen molar-refractivity contribution in [3.05, 3.63) is 41.8 Å². The first kappa shape index (κ1) is 17.9. The summed E-state index contributed by atoms with van der Waals surface area (Å²) in [5.41, 5.74) is 0.179. The van der Waals surface area contributed by atoms with Crippen LogP contribution in [0.25, 0.3) is 0 Å². The fourth-order valence-electron chi connectivity index (χ4n) is 2.43. The normalized spacial score (nSPS) is 14.3. The largest absolute Gasteiger partial charge is 0.495 e. The van der Waals surface area contributed by atoms with Gasteiger partial charge in [-0.05, 0) is 24.3 Å². The molecule has 1 aromatic heterocycles. The number of pyridine rings is 1. The highest BCUT2D eigenvalue weighted by molar-refractivity contribution is 7.92. The Morgan fingerprint density at radius 2 is 2.12 bits per heavy atom. The van der Waals surface area contributed by atoms with Gasteiger partial charge in [-0.1, -0.05) is 0 Å². The number of anilines is 1. The number of aromatic nitrogens is 1. The number of halogens is 1. The van der Waals surface area contributed by atoms with Crippen LogP contribution in [0.1, 0.15) is 10.4 Å². The number of methoxy groups -OCH3 is 1. The number of hydrogen-bond donors (Lipinski definition) is 1. The van der Waals surface area contributed by atoms with E-state index in [1.165, 1.54) is 30.3 Å². The van der Waals surface area contributed by atoms with Gasteiger partial charge in [-0.15, -0.1) is 0 Å². The van der Waals surface area contributed by atoms with E-state index in [1.54, 1.807) is 7.05 Å². The molecular weight excluding hydrogens is 365 g/mol. The lowest BCUT2D eigenvalue weighted by Gasteiger charge is -2.14. The summed E-state index contributed by atoms with van der Waals surface area (Å²) < 4.78 is 51.3. The molecule has 2 aromatic rings. The summed E-state index contributed by atoms with van der Waals surface area (Å²) in [6.45, 7) is 0.671. The number of nitrogens with zero attached hydrogens (tertiary/aromatic N) is 2. The van der Waals surface area contributed by atoms with E-state index in [2.05, 4.69) is 9.71 Å². The van der Waals surface area contributed by atoms with E-state index in [0.717, 1.165) is 12.1 Å². The fourth-order valence-corrected chi connectivity index (χ4v) is 3.65. The highest BCUT2D eigenvalue weighted by atomic mass is 32.2. The number of nitrogens with one attached hydrogen (secondary N) is 1. The second-order valence-electron chi connectivity index (χ2n) is 5.55. The molecule has 1 aromatic carbocycles. The van der Waals surface area contributed by atoms with Gasteiger partial charge in [0.25, 0.3) is 15.9 Å². The van der Waals surface area contributed by atoms with Crippen LogP contribution in [-0.2, 0) is 10.0 Å². The first-order valence-corrected chi connectivity index (χ1v) is 9.05. The Morgan fingerprint density at radius 1 is 1.35 bits per heavy atom. The average Bonchev–Trinajstić information content (AvgIpc) is 2.74. The molecule has 0 saturated heterocycles. The number of ether oxygens (including phenoxy) is 2. The predicted molar refractivity (Wildman–Crippen MR) is 90.5 cm³/mol. The molecule has 10 heteroatoms. The van der Waals surface area contributed by atoms with E-state index in [-0.39, 0.29) is 40.3 Å². The Kier molecular flexibility index (Phi) is 4.68. The van der Waals surface area contributed by atoms with Crippen molar-refractivity contribution in [3.63, 3.8) is 0 Å². The lowest BCUT2D eigenvalue weighted by Crippen LogP contribution is -2.27. The van der Waals surface area contributed by atoms with Crippen molar-refractivity contribution in [2.75, 3.05) is 32.0 Å². The zero-order valence-corrected chi connectivity index (χ0v) is 14.8. The number of benzene rings is 1. The number of sulfonamides is 1. The second-order valence-corrected chi connectivity index (χ2v) is 7.20. The van der Waals surface area contributed by atoms with Crippen molar-refractivity contribution >= 4 is 21.6 Å². The van der Waals surface area contributed by atoms with E-state index in [4.69, 9.17) is 9.47 Å². The second kappa shape index (κ2) is 6.79. The average molecular weight is 381 g/mol. The van der Waals surface area contributed by atoms with Gasteiger partial charge in [-0.2, -0.15) is 0 Å². The summed E-state index contributed by atoms with van der Waals surface area (Å²) in [6, 6.07) is 4.48. The summed E-state index contributed by atoms with van der Waals surface area (Å²) >= 11 is 0. The lowest BCUT2D eigenvalue weighted by molar-refractivity contribution is 0.0796. The zero-order valence-electron chi connectivity index (χ0n) is 14.0. The molecule has 0 bridgehead atoms. The fraction of sp³-hybridized carbons (Fsp3) is 0.250. The molecule has 3 rings (SSSR count). The van der Waals surface area contributed by atoms with Crippen molar-refractivity contribution in [3.8, 4) is 11.6 Å². The molecule has 0 atom stereocenters. The molecule has 0 unspecified atom stereocenters. The molecule has 0 radical (unpaired) electrons. The minimum absolute atomic E-state index is 0.0132. The molecule has 0 saturated carbocycles. The highest BCUT2D eigenvalue weighted by Crippen LogP contribution is 2.28. The third kappa shape index (κ3) is 3.40. The van der Waals surface area contributed by atoms with Gasteiger partial charge in [0.1, 0.15) is 28.6 Å². The molecule has 1 amide bonds. The molecule has 138 valence electrons. The summed E-state index contributed by atoms with van der Waals surface area (Å²) in [4.78, 5) is 17.4. The van der Waals surface area contributed by atoms with Crippen LogP contribution >= 0.6 is 0 Å². The third-order valence-electron chi connectivity index (χ3n) is 3.76. The number of carbonyl (C=O) groups is 1. The molecule has 1 aliphatic heterocycles. The van der Waals surface area contributed by atoms with Crippen LogP contribution in [0.3, 0.4) is 0 Å². The smallest absolute Gasteiger partial charge is 0.265 e. The minimum Gasteiger partial charge on any atom is -0.495 e. The Labute approximate surface area is 149 Å². The quantitative estimate of drug-likeness (QED) is 0.862. The first-order valence-electron chi connectivity index (χ1n) is 7.56. The number of fused-ring (bicyclic) bond motifs is 1. The maximum Gasteiger partial charge on any atom is 0.265 e. The van der Waals surface area contributed by atoms with Crippen molar-refractivity contribution < 1.29 is 27.1 Å². The number of hydrogen-bond acceptors (Lipinski definition) is 6. The Hall–Kier alpha value is -2.88. The molecule has 0 spiro atoms. The first-order chi connectivity index (χ1) is 12.3. The molecule has 2 heterocycles. The number of amides is 1. The van der Waals surface area contributed by atoms with Gasteiger partial charge < -0.3 is 14.4 Å². The van der Waals surface area contributed by atoms with Gasteiger partial charge >= 0.3 is 0 Å². The number of rotatable bonds is 4. The summed E-state index contributed by atoms with van der Waals surface area (Å²) in [5.74, 6) is -0.947. The lowest BCUT2D eigenvalue weighted by atomic mass is 10.2. The molecule has 1 N–H and O–H groups in total. The maximum atomic E-state index is 13.5.